The molecule has 1 aromatic carbocycles. The lowest BCUT2D eigenvalue weighted by atomic mass is 10.1. The number of carbonyl (C=O) groups excluding carboxylic acids is 1. The summed E-state index contributed by atoms with van der Waals surface area (Å²) in [5.41, 5.74) is 0.628. The molecule has 0 aromatic heterocycles. The smallest absolute Gasteiger partial charge is 0.241 e. The minimum absolute atomic E-state index is 0.0108. The molecule has 0 saturated heterocycles. The van der Waals surface area contributed by atoms with Gasteiger partial charge in [0.15, 0.2) is 0 Å². The molecule has 0 aliphatic carbocycles. The summed E-state index contributed by atoms with van der Waals surface area (Å²) in [6, 6.07) is 3.68. The van der Waals surface area contributed by atoms with Crippen molar-refractivity contribution in [3.63, 3.8) is 0 Å². The lowest BCUT2D eigenvalue weighted by Crippen LogP contribution is -2.33. The molecule has 0 spiro atoms. The van der Waals surface area contributed by atoms with Crippen LogP contribution in [-0.2, 0) is 4.79 Å². The van der Waals surface area contributed by atoms with Crippen LogP contribution in [0.4, 0.5) is 4.39 Å². The molecule has 1 unspecified atom stereocenters. The third-order valence-corrected chi connectivity index (χ3v) is 2.36. The molecule has 1 amide bonds. The molecule has 0 bridgehead atoms. The highest BCUT2D eigenvalue weighted by Gasteiger charge is 2.17. The molecule has 82 valence electrons. The Bertz CT molecular complexity index is 370. The number of likely N-dealkylation sites (N-methyl/N-ethyl adjacent to an activating group) is 2. The number of amides is 1. The first kappa shape index (κ1) is 11.9. The van der Waals surface area contributed by atoms with Crippen molar-refractivity contribution in [3.05, 3.63) is 34.6 Å². The summed E-state index contributed by atoms with van der Waals surface area (Å²) in [4.78, 5) is 11.4. The van der Waals surface area contributed by atoms with Gasteiger partial charge >= 0.3 is 0 Å². The Kier molecular flexibility index (Phi) is 4.05. The molecule has 3 nitrogen and oxygen atoms in total. The van der Waals surface area contributed by atoms with E-state index in [1.807, 2.05) is 0 Å². The second-order valence-corrected chi connectivity index (χ2v) is 3.42. The number of hydrogen-bond donors (Lipinski definition) is 2. The number of halogens is 2. The normalized spacial score (nSPS) is 12.3. The van der Waals surface area contributed by atoms with Gasteiger partial charge in [-0.2, -0.15) is 0 Å². The van der Waals surface area contributed by atoms with Crippen LogP contribution in [0.25, 0.3) is 0 Å². The first-order chi connectivity index (χ1) is 7.10. The van der Waals surface area contributed by atoms with Crippen molar-refractivity contribution in [2.24, 2.45) is 0 Å². The van der Waals surface area contributed by atoms with Gasteiger partial charge in [-0.05, 0) is 24.7 Å². The predicted molar refractivity (Wildman–Crippen MR) is 57.3 cm³/mol. The van der Waals surface area contributed by atoms with E-state index < -0.39 is 11.9 Å². The van der Waals surface area contributed by atoms with Gasteiger partial charge < -0.3 is 10.6 Å². The Balaban J connectivity index is 3.02. The van der Waals surface area contributed by atoms with Gasteiger partial charge in [-0.15, -0.1) is 0 Å². The molecule has 0 aliphatic rings. The Hall–Kier alpha value is -1.13. The van der Waals surface area contributed by atoms with Gasteiger partial charge in [0.05, 0.1) is 5.02 Å². The molecule has 0 aliphatic heterocycles. The fourth-order valence-corrected chi connectivity index (χ4v) is 1.47. The molecule has 2 N–H and O–H groups in total. The average Bonchev–Trinajstić information content (AvgIpc) is 2.24. The van der Waals surface area contributed by atoms with Gasteiger partial charge in [0, 0.05) is 7.05 Å². The highest BCUT2D eigenvalue weighted by atomic mass is 35.5. The van der Waals surface area contributed by atoms with E-state index in [-0.39, 0.29) is 10.9 Å². The number of rotatable bonds is 3. The van der Waals surface area contributed by atoms with E-state index in [1.54, 1.807) is 7.05 Å². The second-order valence-electron chi connectivity index (χ2n) is 3.01. The van der Waals surface area contributed by atoms with Crippen LogP contribution in [0.2, 0.25) is 5.02 Å². The predicted octanol–water partition coefficient (Wildman–Crippen LogP) is 1.49. The third-order valence-electron chi connectivity index (χ3n) is 2.07. The first-order valence-corrected chi connectivity index (χ1v) is 4.81. The highest BCUT2D eigenvalue weighted by molar-refractivity contribution is 6.30. The van der Waals surface area contributed by atoms with E-state index in [9.17, 15) is 9.18 Å². The number of benzene rings is 1. The number of carbonyl (C=O) groups is 1. The molecule has 0 heterocycles. The monoisotopic (exact) mass is 230 g/mol. The summed E-state index contributed by atoms with van der Waals surface area (Å²) in [5.74, 6) is -0.688. The Morgan fingerprint density at radius 2 is 2.13 bits per heavy atom. The maximum Gasteiger partial charge on any atom is 0.241 e. The van der Waals surface area contributed by atoms with E-state index in [4.69, 9.17) is 11.6 Å². The minimum atomic E-state index is -0.520. The molecule has 1 atom stereocenters. The van der Waals surface area contributed by atoms with Crippen LogP contribution in [-0.4, -0.2) is 20.0 Å². The molecule has 5 heteroatoms. The summed E-state index contributed by atoms with van der Waals surface area (Å²) in [7, 11) is 3.19. The van der Waals surface area contributed by atoms with E-state index in [0.29, 0.717) is 5.56 Å². The number of nitrogens with one attached hydrogen (secondary N) is 2. The molecule has 0 saturated carbocycles. The molecule has 0 radical (unpaired) electrons. The van der Waals surface area contributed by atoms with Gasteiger partial charge in [-0.1, -0.05) is 17.7 Å². The van der Waals surface area contributed by atoms with Gasteiger partial charge in [0.1, 0.15) is 11.9 Å². The van der Waals surface area contributed by atoms with Crippen molar-refractivity contribution in [2.45, 2.75) is 6.04 Å². The lowest BCUT2D eigenvalue weighted by molar-refractivity contribution is -0.122. The quantitative estimate of drug-likeness (QED) is 0.826. The van der Waals surface area contributed by atoms with Crippen LogP contribution >= 0.6 is 11.6 Å². The van der Waals surface area contributed by atoms with Crippen LogP contribution in [0.1, 0.15) is 11.6 Å². The van der Waals surface area contributed by atoms with Crippen molar-refractivity contribution in [3.8, 4) is 0 Å². The summed E-state index contributed by atoms with van der Waals surface area (Å²) in [6.45, 7) is 0. The molecule has 1 aromatic rings. The molecule has 1 rings (SSSR count). The Morgan fingerprint density at radius 3 is 2.60 bits per heavy atom. The van der Waals surface area contributed by atoms with Crippen LogP contribution in [0, 0.1) is 5.82 Å². The summed E-state index contributed by atoms with van der Waals surface area (Å²) < 4.78 is 12.9. The van der Waals surface area contributed by atoms with Gasteiger partial charge in [-0.3, -0.25) is 4.79 Å². The first-order valence-electron chi connectivity index (χ1n) is 4.44. The highest BCUT2D eigenvalue weighted by Crippen LogP contribution is 2.20. The zero-order valence-electron chi connectivity index (χ0n) is 8.47. The zero-order valence-corrected chi connectivity index (χ0v) is 9.23. The van der Waals surface area contributed by atoms with E-state index in [2.05, 4.69) is 10.6 Å². The maximum absolute atomic E-state index is 12.9. The molecule has 15 heavy (non-hydrogen) atoms. The summed E-state index contributed by atoms with van der Waals surface area (Å²) in [5, 5.41) is 5.34. The van der Waals surface area contributed by atoms with Crippen molar-refractivity contribution < 1.29 is 9.18 Å². The fraction of sp³-hybridized carbons (Fsp3) is 0.300. The maximum atomic E-state index is 12.9. The van der Waals surface area contributed by atoms with E-state index in [1.165, 1.54) is 25.2 Å². The van der Waals surface area contributed by atoms with Gasteiger partial charge in [0.25, 0.3) is 0 Å². The van der Waals surface area contributed by atoms with Crippen LogP contribution in [0.3, 0.4) is 0 Å². The van der Waals surface area contributed by atoms with E-state index >= 15 is 0 Å². The largest absolute Gasteiger partial charge is 0.358 e. The standard InChI is InChI=1S/C10H12ClFN2O/c1-13-9(10(15)14-2)6-3-4-8(12)7(11)5-6/h3-5,9,13H,1-2H3,(H,14,15). The topological polar surface area (TPSA) is 41.1 Å². The van der Waals surface area contributed by atoms with Crippen molar-refractivity contribution in [1.29, 1.82) is 0 Å². The lowest BCUT2D eigenvalue weighted by Gasteiger charge is -2.15. The third kappa shape index (κ3) is 2.67. The van der Waals surface area contributed by atoms with Gasteiger partial charge in [-0.25, -0.2) is 4.39 Å². The zero-order chi connectivity index (χ0) is 11.4. The van der Waals surface area contributed by atoms with Crippen molar-refractivity contribution >= 4 is 17.5 Å². The second kappa shape index (κ2) is 5.09. The molecule has 0 fully saturated rings. The molecular formula is C10H12ClFN2O. The summed E-state index contributed by atoms with van der Waals surface area (Å²) >= 11 is 5.63. The minimum Gasteiger partial charge on any atom is -0.358 e. The van der Waals surface area contributed by atoms with Crippen LogP contribution in [0.5, 0.6) is 0 Å². The molecular weight excluding hydrogens is 219 g/mol. The van der Waals surface area contributed by atoms with E-state index in [0.717, 1.165) is 0 Å². The summed E-state index contributed by atoms with van der Waals surface area (Å²) in [6.07, 6.45) is 0. The van der Waals surface area contributed by atoms with Gasteiger partial charge in [0.2, 0.25) is 5.91 Å². The SMILES string of the molecule is CNC(=O)C(NC)c1ccc(F)c(Cl)c1. The van der Waals surface area contributed by atoms with Crippen molar-refractivity contribution in [2.75, 3.05) is 14.1 Å². The van der Waals surface area contributed by atoms with Crippen molar-refractivity contribution in [1.82, 2.24) is 10.6 Å². The van der Waals surface area contributed by atoms with Crippen LogP contribution < -0.4 is 10.6 Å². The fourth-order valence-electron chi connectivity index (χ4n) is 1.29. The Labute approximate surface area is 92.6 Å². The Morgan fingerprint density at radius 1 is 1.47 bits per heavy atom. The average molecular weight is 231 g/mol. The number of hydrogen-bond acceptors (Lipinski definition) is 2. The van der Waals surface area contributed by atoms with Crippen LogP contribution in [0.15, 0.2) is 18.2 Å².